The van der Waals surface area contributed by atoms with Crippen molar-refractivity contribution in [2.24, 2.45) is 0 Å². The third-order valence-electron chi connectivity index (χ3n) is 5.19. The molecule has 1 aliphatic carbocycles. The van der Waals surface area contributed by atoms with E-state index in [2.05, 4.69) is 11.4 Å². The van der Waals surface area contributed by atoms with Crippen molar-refractivity contribution in [3.05, 3.63) is 81.1 Å². The van der Waals surface area contributed by atoms with Crippen molar-refractivity contribution in [3.8, 4) is 6.07 Å². The lowest BCUT2D eigenvalue weighted by molar-refractivity contribution is 0.102. The molecule has 1 aliphatic rings. The number of carbonyl (C=O) groups excluding carboxylic acids is 1. The van der Waals surface area contributed by atoms with Crippen LogP contribution >= 0.6 is 11.3 Å². The fourth-order valence-electron chi connectivity index (χ4n) is 3.84. The van der Waals surface area contributed by atoms with E-state index < -0.39 is 11.5 Å². The summed E-state index contributed by atoms with van der Waals surface area (Å²) in [7, 11) is 0. The van der Waals surface area contributed by atoms with E-state index in [0.717, 1.165) is 24.0 Å². The molecular formula is C22H15N3O2S. The Bertz CT molecular complexity index is 1370. The molecule has 6 heteroatoms. The molecule has 0 radical (unpaired) electrons. The van der Waals surface area contributed by atoms with E-state index in [4.69, 9.17) is 0 Å². The summed E-state index contributed by atoms with van der Waals surface area (Å²) in [6.07, 6.45) is 3.20. The quantitative estimate of drug-likeness (QED) is 0.564. The SMILES string of the molecule is N#Cc1cc(C(=O)Nc2ccc3c(c2)CCC3)c(=O)n2c1sc1ccccc12. The minimum atomic E-state index is -0.496. The Kier molecular flexibility index (Phi) is 3.78. The fraction of sp³-hybridized carbons (Fsp3) is 0.136. The molecule has 2 aromatic heterocycles. The zero-order chi connectivity index (χ0) is 19.3. The van der Waals surface area contributed by atoms with Crippen molar-refractivity contribution in [1.29, 1.82) is 5.26 Å². The summed E-state index contributed by atoms with van der Waals surface area (Å²) in [6, 6.07) is 16.8. The van der Waals surface area contributed by atoms with Gasteiger partial charge in [0, 0.05) is 5.69 Å². The topological polar surface area (TPSA) is 74.4 Å². The summed E-state index contributed by atoms with van der Waals surface area (Å²) in [5, 5.41) is 12.4. The number of carbonyl (C=O) groups is 1. The van der Waals surface area contributed by atoms with Gasteiger partial charge in [-0.1, -0.05) is 18.2 Å². The van der Waals surface area contributed by atoms with Crippen LogP contribution in [0.5, 0.6) is 0 Å². The van der Waals surface area contributed by atoms with E-state index in [1.54, 1.807) is 0 Å². The number of rotatable bonds is 2. The van der Waals surface area contributed by atoms with Crippen LogP contribution < -0.4 is 10.9 Å². The van der Waals surface area contributed by atoms with E-state index in [-0.39, 0.29) is 5.56 Å². The molecule has 0 bridgehead atoms. The second-order valence-corrected chi connectivity index (χ2v) is 7.92. The molecule has 2 aromatic carbocycles. The van der Waals surface area contributed by atoms with Gasteiger partial charge in [0.15, 0.2) is 0 Å². The van der Waals surface area contributed by atoms with Gasteiger partial charge in [-0.15, -0.1) is 11.3 Å². The normalized spacial score (nSPS) is 12.8. The van der Waals surface area contributed by atoms with Crippen LogP contribution in [0.1, 0.15) is 33.5 Å². The van der Waals surface area contributed by atoms with Crippen molar-refractivity contribution in [1.82, 2.24) is 4.40 Å². The van der Waals surface area contributed by atoms with Crippen molar-refractivity contribution < 1.29 is 4.79 Å². The summed E-state index contributed by atoms with van der Waals surface area (Å²) < 4.78 is 2.36. The summed E-state index contributed by atoms with van der Waals surface area (Å²) >= 11 is 1.37. The minimum absolute atomic E-state index is 0.0295. The smallest absolute Gasteiger partial charge is 0.269 e. The van der Waals surface area contributed by atoms with Gasteiger partial charge in [0.25, 0.3) is 11.5 Å². The molecule has 0 unspecified atom stereocenters. The zero-order valence-electron chi connectivity index (χ0n) is 14.9. The first kappa shape index (κ1) is 16.7. The van der Waals surface area contributed by atoms with Crippen LogP contribution in [0.3, 0.4) is 0 Å². The van der Waals surface area contributed by atoms with Crippen LogP contribution in [-0.4, -0.2) is 10.3 Å². The number of fused-ring (bicyclic) bond motifs is 4. The number of nitrogens with zero attached hydrogens (tertiary/aromatic N) is 2. The highest BCUT2D eigenvalue weighted by molar-refractivity contribution is 7.24. The van der Waals surface area contributed by atoms with Crippen LogP contribution in [0.25, 0.3) is 15.0 Å². The number of hydrogen-bond donors (Lipinski definition) is 1. The molecule has 5 rings (SSSR count). The lowest BCUT2D eigenvalue weighted by atomic mass is 10.1. The predicted molar refractivity (Wildman–Crippen MR) is 110 cm³/mol. The second kappa shape index (κ2) is 6.32. The molecule has 0 atom stereocenters. The Morgan fingerprint density at radius 2 is 1.93 bits per heavy atom. The number of aryl methyl sites for hydroxylation is 2. The molecule has 1 N–H and O–H groups in total. The van der Waals surface area contributed by atoms with Crippen LogP contribution in [0.2, 0.25) is 0 Å². The Labute approximate surface area is 164 Å². The van der Waals surface area contributed by atoms with Crippen LogP contribution in [0.15, 0.2) is 53.3 Å². The first-order valence-electron chi connectivity index (χ1n) is 9.06. The number of nitriles is 1. The molecule has 2 heterocycles. The van der Waals surface area contributed by atoms with Crippen LogP contribution in [-0.2, 0) is 12.8 Å². The third kappa shape index (κ3) is 2.52. The van der Waals surface area contributed by atoms with E-state index in [9.17, 15) is 14.9 Å². The van der Waals surface area contributed by atoms with Gasteiger partial charge in [-0.2, -0.15) is 5.26 Å². The molecule has 0 saturated carbocycles. The summed E-state index contributed by atoms with van der Waals surface area (Å²) in [6.45, 7) is 0. The van der Waals surface area contributed by atoms with Gasteiger partial charge in [-0.05, 0) is 60.7 Å². The summed E-state index contributed by atoms with van der Waals surface area (Å²) in [5.41, 5.74) is 3.81. The highest BCUT2D eigenvalue weighted by Crippen LogP contribution is 2.28. The van der Waals surface area contributed by atoms with Gasteiger partial charge in [0.2, 0.25) is 0 Å². The lowest BCUT2D eigenvalue weighted by Gasteiger charge is -2.08. The van der Waals surface area contributed by atoms with Gasteiger partial charge in [-0.25, -0.2) is 0 Å². The van der Waals surface area contributed by atoms with E-state index >= 15 is 0 Å². The third-order valence-corrected chi connectivity index (χ3v) is 6.35. The number of benzene rings is 2. The molecule has 5 nitrogen and oxygen atoms in total. The number of nitrogens with one attached hydrogen (secondary N) is 1. The average molecular weight is 385 g/mol. The molecule has 0 saturated heterocycles. The minimum Gasteiger partial charge on any atom is -0.322 e. The van der Waals surface area contributed by atoms with Crippen LogP contribution in [0.4, 0.5) is 5.69 Å². The Morgan fingerprint density at radius 3 is 2.79 bits per heavy atom. The predicted octanol–water partition coefficient (Wildman–Crippen LogP) is 4.13. The number of pyridine rings is 1. The van der Waals surface area contributed by atoms with Crippen molar-refractivity contribution in [2.75, 3.05) is 5.32 Å². The highest BCUT2D eigenvalue weighted by Gasteiger charge is 2.20. The first-order valence-corrected chi connectivity index (χ1v) is 9.88. The highest BCUT2D eigenvalue weighted by atomic mass is 32.1. The maximum Gasteiger partial charge on any atom is 0.269 e. The second-order valence-electron chi connectivity index (χ2n) is 6.89. The van der Waals surface area contributed by atoms with Gasteiger partial charge in [0.05, 0.1) is 15.8 Å². The first-order chi connectivity index (χ1) is 13.7. The van der Waals surface area contributed by atoms with Crippen molar-refractivity contribution >= 4 is 38.0 Å². The standard InChI is InChI=1S/C22H15N3O2S/c23-12-15-11-17(20(26)24-16-9-8-13-4-3-5-14(13)10-16)21(27)25-18-6-1-2-7-19(18)28-22(15)25/h1-2,6-11H,3-5H2,(H,24,26). The molecule has 136 valence electrons. The average Bonchev–Trinajstić information content (AvgIpc) is 3.32. The van der Waals surface area contributed by atoms with Gasteiger partial charge in [-0.3, -0.25) is 14.0 Å². The maximum absolute atomic E-state index is 13.1. The Balaban J connectivity index is 1.63. The number of thiazole rings is 1. The Morgan fingerprint density at radius 1 is 1.11 bits per heavy atom. The maximum atomic E-state index is 13.1. The van der Waals surface area contributed by atoms with Gasteiger partial charge in [0.1, 0.15) is 16.5 Å². The molecule has 28 heavy (non-hydrogen) atoms. The van der Waals surface area contributed by atoms with Gasteiger partial charge >= 0.3 is 0 Å². The lowest BCUT2D eigenvalue weighted by Crippen LogP contribution is -2.26. The number of para-hydroxylation sites is 1. The monoisotopic (exact) mass is 385 g/mol. The van der Waals surface area contributed by atoms with Crippen LogP contribution in [0, 0.1) is 11.3 Å². The van der Waals surface area contributed by atoms with E-state index in [1.165, 1.54) is 32.9 Å². The largest absolute Gasteiger partial charge is 0.322 e. The number of amides is 1. The van der Waals surface area contributed by atoms with Gasteiger partial charge < -0.3 is 5.32 Å². The molecule has 1 amide bonds. The molecule has 0 spiro atoms. The number of aromatic nitrogens is 1. The molecule has 0 aliphatic heterocycles. The summed E-state index contributed by atoms with van der Waals surface area (Å²) in [4.78, 5) is 26.5. The van der Waals surface area contributed by atoms with Crippen molar-refractivity contribution in [3.63, 3.8) is 0 Å². The number of hydrogen-bond acceptors (Lipinski definition) is 4. The van der Waals surface area contributed by atoms with Crippen molar-refractivity contribution in [2.45, 2.75) is 19.3 Å². The molecular weight excluding hydrogens is 370 g/mol. The van der Waals surface area contributed by atoms with E-state index in [0.29, 0.717) is 21.6 Å². The Hall–Kier alpha value is -3.43. The molecule has 4 aromatic rings. The fourth-order valence-corrected chi connectivity index (χ4v) is 4.95. The zero-order valence-corrected chi connectivity index (χ0v) is 15.7. The summed E-state index contributed by atoms with van der Waals surface area (Å²) in [5.74, 6) is -0.496. The molecule has 0 fully saturated rings. The van der Waals surface area contributed by atoms with E-state index in [1.807, 2.05) is 42.5 Å². The number of anilines is 1.